The molecule has 5 nitrogen and oxygen atoms in total. The van der Waals surface area contributed by atoms with Gasteiger partial charge < -0.3 is 4.74 Å². The third-order valence-electron chi connectivity index (χ3n) is 1.32. The Labute approximate surface area is 81.6 Å². The van der Waals surface area contributed by atoms with Crippen LogP contribution < -0.4 is 4.74 Å². The average molecular weight is 222 g/mol. The summed E-state index contributed by atoms with van der Waals surface area (Å²) in [5, 5.41) is 10.4. The molecule has 0 atom stereocenters. The van der Waals surface area contributed by atoms with Crippen LogP contribution in [-0.4, -0.2) is 22.7 Å². The minimum absolute atomic E-state index is 0.596. The van der Waals surface area contributed by atoms with Gasteiger partial charge in [0, 0.05) is 12.3 Å². The molecule has 0 aliphatic rings. The van der Waals surface area contributed by atoms with Gasteiger partial charge in [0.1, 0.15) is 0 Å². The minimum atomic E-state index is -4.55. The normalized spacial score (nSPS) is 11.1. The second-order valence-corrected chi connectivity index (χ2v) is 2.49. The van der Waals surface area contributed by atoms with Crippen molar-refractivity contribution in [2.24, 2.45) is 0 Å². The largest absolute Gasteiger partial charge is 0.463 e. The van der Waals surface area contributed by atoms with Crippen molar-refractivity contribution in [3.05, 3.63) is 28.4 Å². The van der Waals surface area contributed by atoms with Crippen LogP contribution in [0.2, 0.25) is 0 Å². The molecule has 0 unspecified atom stereocenters. The van der Waals surface area contributed by atoms with Crippen molar-refractivity contribution >= 4 is 5.69 Å². The Balaban J connectivity index is 2.81. The topological polar surface area (TPSA) is 65.3 Å². The quantitative estimate of drug-likeness (QED) is 0.578. The van der Waals surface area contributed by atoms with E-state index in [1.165, 1.54) is 6.07 Å². The number of alkyl halides is 3. The van der Waals surface area contributed by atoms with E-state index in [4.69, 9.17) is 0 Å². The van der Waals surface area contributed by atoms with Crippen molar-refractivity contribution in [3.8, 4) is 5.88 Å². The summed E-state index contributed by atoms with van der Waals surface area (Å²) in [5.74, 6) is -0.639. The lowest BCUT2D eigenvalue weighted by Crippen LogP contribution is -2.20. The Morgan fingerprint density at radius 3 is 2.73 bits per heavy atom. The fourth-order valence-corrected chi connectivity index (χ4v) is 0.783. The molecule has 0 aromatic carbocycles. The smallest absolute Gasteiger partial charge is 0.422 e. The summed E-state index contributed by atoms with van der Waals surface area (Å²) in [5.41, 5.74) is -0.596. The SMILES string of the molecule is O=[N+]([O-])c1cccnc1OCC(F)(F)F. The molecule has 0 spiro atoms. The summed E-state index contributed by atoms with van der Waals surface area (Å²) >= 11 is 0. The van der Waals surface area contributed by atoms with Crippen molar-refractivity contribution in [2.45, 2.75) is 6.18 Å². The van der Waals surface area contributed by atoms with Crippen molar-refractivity contribution in [2.75, 3.05) is 6.61 Å². The molecule has 1 rings (SSSR count). The van der Waals surface area contributed by atoms with Crippen LogP contribution in [0.3, 0.4) is 0 Å². The lowest BCUT2D eigenvalue weighted by Gasteiger charge is -2.07. The molecule has 0 fully saturated rings. The van der Waals surface area contributed by atoms with Gasteiger partial charge in [-0.3, -0.25) is 10.1 Å². The molecule has 15 heavy (non-hydrogen) atoms. The Morgan fingerprint density at radius 2 is 2.20 bits per heavy atom. The second kappa shape index (κ2) is 4.11. The van der Waals surface area contributed by atoms with Crippen molar-refractivity contribution in [3.63, 3.8) is 0 Å². The zero-order valence-corrected chi connectivity index (χ0v) is 7.19. The van der Waals surface area contributed by atoms with Gasteiger partial charge in [0.2, 0.25) is 0 Å². The molecular weight excluding hydrogens is 217 g/mol. The standard InChI is InChI=1S/C7H5F3N2O3/c8-7(9,10)4-15-6-5(12(13)14)2-1-3-11-6/h1-3H,4H2. The molecule has 0 radical (unpaired) electrons. The first-order chi connectivity index (χ1) is 6.90. The molecule has 8 heteroatoms. The summed E-state index contributed by atoms with van der Waals surface area (Å²) in [6.45, 7) is -1.61. The van der Waals surface area contributed by atoms with Crippen LogP contribution >= 0.6 is 0 Å². The molecule has 0 amide bonds. The monoisotopic (exact) mass is 222 g/mol. The van der Waals surface area contributed by atoms with Gasteiger partial charge in [0.15, 0.2) is 6.61 Å². The van der Waals surface area contributed by atoms with Crippen LogP contribution in [0, 0.1) is 10.1 Å². The summed E-state index contributed by atoms with van der Waals surface area (Å²) in [7, 11) is 0. The van der Waals surface area contributed by atoms with E-state index in [9.17, 15) is 23.3 Å². The number of halogens is 3. The van der Waals surface area contributed by atoms with Crippen molar-refractivity contribution in [1.29, 1.82) is 0 Å². The van der Waals surface area contributed by atoms with Gasteiger partial charge in [-0.1, -0.05) is 0 Å². The summed E-state index contributed by atoms with van der Waals surface area (Å²) in [6, 6.07) is 2.25. The minimum Gasteiger partial charge on any atom is -0.463 e. The Kier molecular flexibility index (Phi) is 3.08. The Hall–Kier alpha value is -1.86. The Morgan fingerprint density at radius 1 is 1.53 bits per heavy atom. The van der Waals surface area contributed by atoms with E-state index >= 15 is 0 Å². The van der Waals surface area contributed by atoms with Crippen LogP contribution in [0.4, 0.5) is 18.9 Å². The van der Waals surface area contributed by atoms with Gasteiger partial charge in [-0.25, -0.2) is 4.98 Å². The number of pyridine rings is 1. The third kappa shape index (κ3) is 3.41. The fourth-order valence-electron chi connectivity index (χ4n) is 0.783. The molecule has 0 aliphatic carbocycles. The van der Waals surface area contributed by atoms with Gasteiger partial charge in [-0.05, 0) is 6.07 Å². The van der Waals surface area contributed by atoms with Crippen LogP contribution in [-0.2, 0) is 0 Å². The molecule has 82 valence electrons. The van der Waals surface area contributed by atoms with Gasteiger partial charge in [0.25, 0.3) is 5.88 Å². The van der Waals surface area contributed by atoms with E-state index in [1.807, 2.05) is 0 Å². The molecule has 0 bridgehead atoms. The molecule has 0 saturated heterocycles. The van der Waals surface area contributed by atoms with E-state index in [1.54, 1.807) is 0 Å². The first kappa shape index (κ1) is 11.2. The molecule has 0 aliphatic heterocycles. The van der Waals surface area contributed by atoms with Crippen LogP contribution in [0.5, 0.6) is 5.88 Å². The fraction of sp³-hybridized carbons (Fsp3) is 0.286. The number of hydrogen-bond acceptors (Lipinski definition) is 4. The number of rotatable bonds is 3. The molecular formula is C7H5F3N2O3. The first-order valence-electron chi connectivity index (χ1n) is 3.69. The van der Waals surface area contributed by atoms with E-state index in [0.717, 1.165) is 12.3 Å². The van der Waals surface area contributed by atoms with Gasteiger partial charge in [-0.2, -0.15) is 13.2 Å². The van der Waals surface area contributed by atoms with Crippen LogP contribution in [0.15, 0.2) is 18.3 Å². The van der Waals surface area contributed by atoms with Gasteiger partial charge in [-0.15, -0.1) is 0 Å². The molecule has 1 aromatic heterocycles. The second-order valence-electron chi connectivity index (χ2n) is 2.49. The van der Waals surface area contributed by atoms with Crippen LogP contribution in [0.1, 0.15) is 0 Å². The number of nitrogens with zero attached hydrogens (tertiary/aromatic N) is 2. The lowest BCUT2D eigenvalue weighted by atomic mass is 10.4. The average Bonchev–Trinajstić information content (AvgIpc) is 2.14. The highest BCUT2D eigenvalue weighted by molar-refractivity contribution is 5.39. The predicted octanol–water partition coefficient (Wildman–Crippen LogP) is 1.93. The van der Waals surface area contributed by atoms with E-state index in [-0.39, 0.29) is 0 Å². The molecule has 1 heterocycles. The van der Waals surface area contributed by atoms with Gasteiger partial charge >= 0.3 is 11.9 Å². The van der Waals surface area contributed by atoms with Crippen molar-refractivity contribution in [1.82, 2.24) is 4.98 Å². The maximum Gasteiger partial charge on any atom is 0.422 e. The number of aromatic nitrogens is 1. The van der Waals surface area contributed by atoms with Crippen LogP contribution in [0.25, 0.3) is 0 Å². The first-order valence-corrected chi connectivity index (χ1v) is 3.69. The maximum absolute atomic E-state index is 11.8. The van der Waals surface area contributed by atoms with E-state index in [2.05, 4.69) is 9.72 Å². The summed E-state index contributed by atoms with van der Waals surface area (Å²) < 4.78 is 39.4. The predicted molar refractivity (Wildman–Crippen MR) is 42.4 cm³/mol. The summed E-state index contributed by atoms with van der Waals surface area (Å²) in [6.07, 6.45) is -3.44. The molecule has 0 N–H and O–H groups in total. The molecule has 0 saturated carbocycles. The number of hydrogen-bond donors (Lipinski definition) is 0. The Bertz CT molecular complexity index is 367. The van der Waals surface area contributed by atoms with E-state index < -0.39 is 29.3 Å². The highest BCUT2D eigenvalue weighted by atomic mass is 19.4. The number of ether oxygens (including phenoxy) is 1. The molecule has 1 aromatic rings. The van der Waals surface area contributed by atoms with Crippen molar-refractivity contribution < 1.29 is 22.8 Å². The summed E-state index contributed by atoms with van der Waals surface area (Å²) in [4.78, 5) is 12.8. The highest BCUT2D eigenvalue weighted by Gasteiger charge is 2.30. The zero-order valence-electron chi connectivity index (χ0n) is 7.19. The highest BCUT2D eigenvalue weighted by Crippen LogP contribution is 2.25. The van der Waals surface area contributed by atoms with E-state index in [0.29, 0.717) is 0 Å². The van der Waals surface area contributed by atoms with Gasteiger partial charge in [0.05, 0.1) is 4.92 Å². The maximum atomic E-state index is 11.8. The zero-order chi connectivity index (χ0) is 11.5. The third-order valence-corrected chi connectivity index (χ3v) is 1.32. The lowest BCUT2D eigenvalue weighted by molar-refractivity contribution is -0.386. The number of nitro groups is 1.